The second kappa shape index (κ2) is 15.4. The molecule has 0 spiro atoms. The number of nitrogens with zero attached hydrogens (tertiary/aromatic N) is 6. The fourth-order valence-electron chi connectivity index (χ4n) is 4.06. The van der Waals surface area contributed by atoms with Crippen molar-refractivity contribution in [3.8, 4) is 0 Å². The molecular weight excluding hydrogens is 781 g/mol. The van der Waals surface area contributed by atoms with Crippen LogP contribution in [0.5, 0.6) is 0 Å². The second-order valence-corrected chi connectivity index (χ2v) is 13.4. The lowest BCUT2D eigenvalue weighted by atomic mass is 9.98. The summed E-state index contributed by atoms with van der Waals surface area (Å²) in [5.74, 6) is -5.52. The molecule has 3 atom stereocenters. The summed E-state index contributed by atoms with van der Waals surface area (Å²) in [6.07, 6.45) is 1.96. The van der Waals surface area contributed by atoms with E-state index in [9.17, 15) is 57.9 Å². The third-order valence-corrected chi connectivity index (χ3v) is 8.71. The number of alkyl halides is 6. The van der Waals surface area contributed by atoms with E-state index in [2.05, 4.69) is 28.5 Å². The molecule has 0 saturated heterocycles. The maximum absolute atomic E-state index is 12.5. The number of pyridine rings is 2. The average Bonchev–Trinajstić information content (AvgIpc) is 3.57. The molecule has 276 valence electrons. The Morgan fingerprint density at radius 1 is 0.880 bits per heavy atom. The monoisotopic (exact) mass is 802 g/mol. The molecule has 0 fully saturated rings. The molecule has 0 amide bonds. The Labute approximate surface area is 288 Å². The van der Waals surface area contributed by atoms with Crippen LogP contribution in [0.3, 0.4) is 0 Å². The van der Waals surface area contributed by atoms with Gasteiger partial charge in [0.15, 0.2) is 23.7 Å². The first-order valence-electron chi connectivity index (χ1n) is 13.4. The maximum atomic E-state index is 12.5. The molecule has 2 aliphatic heterocycles. The van der Waals surface area contributed by atoms with Gasteiger partial charge in [-0.3, -0.25) is 0 Å². The van der Waals surface area contributed by atoms with E-state index >= 15 is 0 Å². The number of halogens is 8. The van der Waals surface area contributed by atoms with Crippen molar-refractivity contribution < 1.29 is 71.0 Å². The Kier molecular flexibility index (Phi) is 12.4. The van der Waals surface area contributed by atoms with E-state index in [1.807, 2.05) is 0 Å². The molecule has 3 unspecified atom stereocenters. The van der Waals surface area contributed by atoms with Crippen LogP contribution in [0.1, 0.15) is 26.7 Å². The number of hydrazone groups is 2. The molecule has 0 saturated carbocycles. The second-order valence-electron chi connectivity index (χ2n) is 9.47. The number of carboxylic acid groups (broad SMARTS) is 1. The van der Waals surface area contributed by atoms with Crippen LogP contribution >= 0.6 is 23.2 Å². The van der Waals surface area contributed by atoms with Crippen molar-refractivity contribution >= 4 is 78.8 Å². The smallest absolute Gasteiger partial charge is 0.480 e. The maximum Gasteiger partial charge on any atom is 0.534 e. The van der Waals surface area contributed by atoms with Gasteiger partial charge in [-0.2, -0.15) is 43.2 Å². The molecule has 50 heavy (non-hydrogen) atoms. The zero-order chi connectivity index (χ0) is 37.8. The molecule has 4 heterocycles. The number of carbonyl (C=O) groups is 2. The fraction of sp³-hybridized carbons (Fsp3) is 0.417. The van der Waals surface area contributed by atoms with E-state index in [1.165, 1.54) is 50.5 Å². The highest BCUT2D eigenvalue weighted by Gasteiger charge is 2.53. The highest BCUT2D eigenvalue weighted by molar-refractivity contribution is 7.88. The van der Waals surface area contributed by atoms with Crippen LogP contribution in [0.25, 0.3) is 0 Å². The molecule has 0 radical (unpaired) electrons. The van der Waals surface area contributed by atoms with Gasteiger partial charge in [0.05, 0.1) is 29.0 Å². The summed E-state index contributed by atoms with van der Waals surface area (Å²) in [5, 5.41) is 18.2. The van der Waals surface area contributed by atoms with Gasteiger partial charge < -0.3 is 18.2 Å². The van der Waals surface area contributed by atoms with Crippen LogP contribution in [0, 0.1) is 5.92 Å². The number of carbonyl (C=O) groups excluding carboxylic acids is 1. The van der Waals surface area contributed by atoms with Crippen molar-refractivity contribution in [1.82, 2.24) is 9.97 Å². The minimum atomic E-state index is -5.99. The minimum absolute atomic E-state index is 0.00381. The average molecular weight is 804 g/mol. The molecule has 2 aromatic rings. The summed E-state index contributed by atoms with van der Waals surface area (Å²) in [4.78, 5) is 31.3. The van der Waals surface area contributed by atoms with Crippen LogP contribution in [0.2, 0.25) is 10.0 Å². The number of carboxylic acids is 1. The van der Waals surface area contributed by atoms with Crippen LogP contribution in [0.4, 0.5) is 38.0 Å². The number of hydrogen-bond acceptors (Lipinski definition) is 15. The number of aliphatic carboxylic acids is 1. The van der Waals surface area contributed by atoms with E-state index in [0.29, 0.717) is 0 Å². The lowest BCUT2D eigenvalue weighted by Gasteiger charge is -2.22. The van der Waals surface area contributed by atoms with E-state index in [4.69, 9.17) is 27.9 Å². The van der Waals surface area contributed by atoms with Gasteiger partial charge in [-0.05, 0) is 37.6 Å². The Bertz CT molecular complexity index is 1880. The molecule has 2 aromatic heterocycles. The Balaban J connectivity index is 0.000000270. The van der Waals surface area contributed by atoms with Crippen molar-refractivity contribution in [2.75, 3.05) is 16.6 Å². The molecule has 1 N–H and O–H groups in total. The number of esters is 1. The number of ether oxygens (including phenoxy) is 1. The fourth-order valence-corrected chi connectivity index (χ4v) is 5.40. The standard InChI is InChI=1S/2C12H11ClF3N3O5S/c1-2-23-11(20)8-6-9(24-25(21,22)12(14,15)16)18-19(8)10-7(13)4-3-5-17-10;1-2-6-8(11(20)21)19(9-7(13)4-3-5-17-9)18-10(6)24-25(22,23)12(14,15)16/h3-5,8H,2,6H2,1H3;3-6,8H,2H2,1H3,(H,20,21). The minimum Gasteiger partial charge on any atom is -0.480 e. The molecule has 0 aliphatic carbocycles. The molecule has 4 rings (SSSR count). The van der Waals surface area contributed by atoms with Crippen LogP contribution in [-0.2, 0) is 42.9 Å². The third-order valence-electron chi connectivity index (χ3n) is 6.18. The van der Waals surface area contributed by atoms with Crippen LogP contribution < -0.4 is 10.0 Å². The van der Waals surface area contributed by atoms with Crippen molar-refractivity contribution in [2.45, 2.75) is 49.8 Å². The SMILES string of the molecule is CCC1C(OS(=O)(=O)C(F)(F)F)=NN(c2ncccc2Cl)C1C(=O)O.CCOC(=O)C1CC(OS(=O)(=O)C(F)(F)F)=NN1c1ncccc1Cl. The lowest BCUT2D eigenvalue weighted by Crippen LogP contribution is -2.41. The lowest BCUT2D eigenvalue weighted by molar-refractivity contribution is -0.144. The molecule has 0 aromatic carbocycles. The molecule has 2 aliphatic rings. The van der Waals surface area contributed by atoms with E-state index in [-0.39, 0.29) is 34.7 Å². The van der Waals surface area contributed by atoms with Crippen molar-refractivity contribution in [1.29, 1.82) is 0 Å². The Morgan fingerprint density at radius 3 is 1.82 bits per heavy atom. The van der Waals surface area contributed by atoms with E-state index in [1.54, 1.807) is 0 Å². The van der Waals surface area contributed by atoms with E-state index < -0.39 is 79.4 Å². The third kappa shape index (κ3) is 8.95. The zero-order valence-electron chi connectivity index (χ0n) is 25.0. The van der Waals surface area contributed by atoms with Gasteiger partial charge in [0.1, 0.15) is 0 Å². The zero-order valence-corrected chi connectivity index (χ0v) is 28.1. The van der Waals surface area contributed by atoms with Crippen LogP contribution in [-0.4, -0.2) is 85.4 Å². The number of hydrogen-bond donors (Lipinski definition) is 1. The van der Waals surface area contributed by atoms with Crippen molar-refractivity contribution in [2.24, 2.45) is 16.1 Å². The summed E-state index contributed by atoms with van der Waals surface area (Å²) >= 11 is 11.9. The Hall–Kier alpha value is -4.16. The quantitative estimate of drug-likeness (QED) is 0.171. The predicted octanol–water partition coefficient (Wildman–Crippen LogP) is 4.27. The van der Waals surface area contributed by atoms with Gasteiger partial charge >= 0.3 is 43.2 Å². The first-order chi connectivity index (χ1) is 23.1. The van der Waals surface area contributed by atoms with Crippen molar-refractivity contribution in [3.05, 3.63) is 46.7 Å². The summed E-state index contributed by atoms with van der Waals surface area (Å²) in [5.41, 5.74) is -11.3. The Morgan fingerprint density at radius 2 is 1.38 bits per heavy atom. The van der Waals surface area contributed by atoms with Crippen LogP contribution in [0.15, 0.2) is 46.9 Å². The van der Waals surface area contributed by atoms with Crippen molar-refractivity contribution in [3.63, 3.8) is 0 Å². The topological polar surface area (TPSA) is 207 Å². The predicted molar refractivity (Wildman–Crippen MR) is 161 cm³/mol. The van der Waals surface area contributed by atoms with Gasteiger partial charge in [-0.15, -0.1) is 10.2 Å². The first kappa shape index (κ1) is 40.3. The highest BCUT2D eigenvalue weighted by Crippen LogP contribution is 2.36. The molecule has 16 nitrogen and oxygen atoms in total. The molecular formula is C24H22Cl2F6N6O10S2. The molecule has 0 bridgehead atoms. The van der Waals surface area contributed by atoms with Gasteiger partial charge in [-0.1, -0.05) is 30.1 Å². The summed E-state index contributed by atoms with van der Waals surface area (Å²) in [6.45, 7) is 2.97. The normalized spacial score (nSPS) is 19.6. The van der Waals surface area contributed by atoms with Gasteiger partial charge in [-0.25, -0.2) is 29.6 Å². The molecule has 26 heteroatoms. The van der Waals surface area contributed by atoms with Gasteiger partial charge in [0, 0.05) is 12.4 Å². The number of rotatable bonds is 8. The van der Waals surface area contributed by atoms with Gasteiger partial charge in [0.25, 0.3) is 0 Å². The first-order valence-corrected chi connectivity index (χ1v) is 17.0. The number of anilines is 2. The summed E-state index contributed by atoms with van der Waals surface area (Å²) < 4.78 is 132. The summed E-state index contributed by atoms with van der Waals surface area (Å²) in [6, 6.07) is 2.90. The highest BCUT2D eigenvalue weighted by atomic mass is 35.5. The largest absolute Gasteiger partial charge is 0.534 e. The van der Waals surface area contributed by atoms with E-state index in [0.717, 1.165) is 10.0 Å². The number of aromatic nitrogens is 2. The summed E-state index contributed by atoms with van der Waals surface area (Å²) in [7, 11) is -11.9. The van der Waals surface area contributed by atoms with Gasteiger partial charge in [0.2, 0.25) is 11.8 Å².